The molecule has 0 spiro atoms. The molecule has 5 nitrogen and oxygen atoms in total. The lowest BCUT2D eigenvalue weighted by Crippen LogP contribution is -2.48. The van der Waals surface area contributed by atoms with Gasteiger partial charge in [-0.3, -0.25) is 0 Å². The van der Waals surface area contributed by atoms with Crippen LogP contribution in [-0.2, 0) is 11.3 Å². The molecule has 0 saturated heterocycles. The molecule has 0 fully saturated rings. The molecule has 0 aliphatic rings. The number of benzene rings is 1. The molecule has 0 aromatic heterocycles. The Morgan fingerprint density at radius 3 is 2.30 bits per heavy atom. The molecule has 0 aliphatic carbocycles. The number of carboxylic acid groups (broad SMARTS) is 1. The normalized spacial score (nSPS) is 12.1. The first-order valence-corrected chi connectivity index (χ1v) is 7.09. The molecule has 0 bridgehead atoms. The van der Waals surface area contributed by atoms with Gasteiger partial charge in [0.1, 0.15) is 6.04 Å². The topological polar surface area (TPSA) is 69.6 Å². The van der Waals surface area contributed by atoms with Crippen molar-refractivity contribution in [3.63, 3.8) is 0 Å². The Morgan fingerprint density at radius 2 is 1.85 bits per heavy atom. The summed E-state index contributed by atoms with van der Waals surface area (Å²) < 4.78 is 0.971. The second-order valence-corrected chi connectivity index (χ2v) is 5.91. The highest BCUT2D eigenvalue weighted by molar-refractivity contribution is 9.10. The summed E-state index contributed by atoms with van der Waals surface area (Å²) in [6.07, 6.45) is 0. The molecule has 20 heavy (non-hydrogen) atoms. The van der Waals surface area contributed by atoms with Crippen LogP contribution in [0, 0.1) is 5.92 Å². The number of carbonyl (C=O) groups is 2. The molecule has 0 saturated carbocycles. The molecule has 2 amide bonds. The van der Waals surface area contributed by atoms with Crippen molar-refractivity contribution in [3.8, 4) is 0 Å². The van der Waals surface area contributed by atoms with Gasteiger partial charge in [-0.25, -0.2) is 9.59 Å². The van der Waals surface area contributed by atoms with E-state index in [1.54, 1.807) is 20.9 Å². The van der Waals surface area contributed by atoms with E-state index in [1.807, 2.05) is 24.3 Å². The molecule has 0 radical (unpaired) electrons. The number of nitrogens with zero attached hydrogens (tertiary/aromatic N) is 1. The Bertz CT molecular complexity index is 474. The van der Waals surface area contributed by atoms with Crippen LogP contribution in [0.4, 0.5) is 4.79 Å². The quantitative estimate of drug-likeness (QED) is 0.864. The van der Waals surface area contributed by atoms with Crippen LogP contribution >= 0.6 is 15.9 Å². The number of rotatable bonds is 5. The summed E-state index contributed by atoms with van der Waals surface area (Å²) in [7, 11) is 1.64. The van der Waals surface area contributed by atoms with Crippen LogP contribution in [0.15, 0.2) is 28.7 Å². The third kappa shape index (κ3) is 4.85. The summed E-state index contributed by atoms with van der Waals surface area (Å²) in [5, 5.41) is 11.6. The van der Waals surface area contributed by atoms with E-state index >= 15 is 0 Å². The number of carbonyl (C=O) groups excluding carboxylic acids is 1. The predicted molar refractivity (Wildman–Crippen MR) is 80.4 cm³/mol. The third-order valence-corrected chi connectivity index (χ3v) is 3.42. The summed E-state index contributed by atoms with van der Waals surface area (Å²) in [5.41, 5.74) is 0.974. The van der Waals surface area contributed by atoms with Crippen molar-refractivity contribution >= 4 is 27.9 Å². The van der Waals surface area contributed by atoms with Crippen molar-refractivity contribution in [1.29, 1.82) is 0 Å². The minimum Gasteiger partial charge on any atom is -0.480 e. The number of hydrogen-bond acceptors (Lipinski definition) is 2. The zero-order valence-electron chi connectivity index (χ0n) is 11.8. The molecule has 1 aromatic carbocycles. The number of nitrogens with one attached hydrogen (secondary N) is 1. The first kappa shape index (κ1) is 16.5. The van der Waals surface area contributed by atoms with E-state index in [2.05, 4.69) is 21.2 Å². The Balaban J connectivity index is 2.62. The predicted octanol–water partition coefficient (Wildman–Crippen LogP) is 2.70. The van der Waals surface area contributed by atoms with Crippen LogP contribution in [0.25, 0.3) is 0 Å². The number of carboxylic acids is 1. The van der Waals surface area contributed by atoms with E-state index in [-0.39, 0.29) is 5.92 Å². The van der Waals surface area contributed by atoms with E-state index < -0.39 is 18.0 Å². The zero-order valence-corrected chi connectivity index (χ0v) is 13.3. The Morgan fingerprint density at radius 1 is 1.30 bits per heavy atom. The van der Waals surface area contributed by atoms with Gasteiger partial charge in [0.2, 0.25) is 0 Å². The average molecular weight is 343 g/mol. The molecule has 1 rings (SSSR count). The van der Waals surface area contributed by atoms with Crippen LogP contribution in [0.3, 0.4) is 0 Å². The van der Waals surface area contributed by atoms with Crippen LogP contribution in [0.5, 0.6) is 0 Å². The summed E-state index contributed by atoms with van der Waals surface area (Å²) >= 11 is 3.35. The largest absolute Gasteiger partial charge is 0.480 e. The van der Waals surface area contributed by atoms with Crippen molar-refractivity contribution in [3.05, 3.63) is 34.3 Å². The summed E-state index contributed by atoms with van der Waals surface area (Å²) in [5.74, 6) is -1.19. The number of amides is 2. The van der Waals surface area contributed by atoms with Crippen LogP contribution in [-0.4, -0.2) is 35.1 Å². The first-order chi connectivity index (χ1) is 9.31. The molecular weight excluding hydrogens is 324 g/mol. The molecule has 0 heterocycles. The van der Waals surface area contributed by atoms with Crippen LogP contribution in [0.2, 0.25) is 0 Å². The number of hydrogen-bond donors (Lipinski definition) is 2. The number of urea groups is 1. The highest BCUT2D eigenvalue weighted by atomic mass is 79.9. The van der Waals surface area contributed by atoms with Crippen molar-refractivity contribution < 1.29 is 14.7 Å². The summed E-state index contributed by atoms with van der Waals surface area (Å²) in [6.45, 7) is 3.94. The second kappa shape index (κ2) is 7.28. The molecule has 0 aliphatic heterocycles. The maximum atomic E-state index is 12.0. The van der Waals surface area contributed by atoms with Crippen molar-refractivity contribution in [2.24, 2.45) is 5.92 Å². The fourth-order valence-electron chi connectivity index (χ4n) is 1.69. The van der Waals surface area contributed by atoms with E-state index in [9.17, 15) is 9.59 Å². The molecule has 1 aromatic rings. The standard InChI is InChI=1S/C14H19BrN2O3/c1-9(2)12(13(18)19)16-14(20)17(3)8-10-4-6-11(15)7-5-10/h4-7,9,12H,8H2,1-3H3,(H,16,20)(H,18,19)/t12-/m0/s1. The maximum Gasteiger partial charge on any atom is 0.326 e. The molecule has 110 valence electrons. The van der Waals surface area contributed by atoms with Gasteiger partial charge in [0.25, 0.3) is 0 Å². The maximum absolute atomic E-state index is 12.0. The second-order valence-electron chi connectivity index (χ2n) is 4.99. The molecule has 2 N–H and O–H groups in total. The Kier molecular flexibility index (Phi) is 6.01. The molecular formula is C14H19BrN2O3. The first-order valence-electron chi connectivity index (χ1n) is 6.30. The van der Waals surface area contributed by atoms with Gasteiger partial charge < -0.3 is 15.3 Å². The SMILES string of the molecule is CC(C)[C@H](NC(=O)N(C)Cc1ccc(Br)cc1)C(=O)O. The lowest BCUT2D eigenvalue weighted by molar-refractivity contribution is -0.140. The minimum atomic E-state index is -1.02. The fourth-order valence-corrected chi connectivity index (χ4v) is 1.96. The fraction of sp³-hybridized carbons (Fsp3) is 0.429. The minimum absolute atomic E-state index is 0.169. The summed E-state index contributed by atoms with van der Waals surface area (Å²) in [4.78, 5) is 24.5. The van der Waals surface area contributed by atoms with Crippen molar-refractivity contribution in [1.82, 2.24) is 10.2 Å². The van der Waals surface area contributed by atoms with Crippen molar-refractivity contribution in [2.75, 3.05) is 7.05 Å². The van der Waals surface area contributed by atoms with E-state index in [0.29, 0.717) is 6.54 Å². The van der Waals surface area contributed by atoms with Gasteiger partial charge in [0.15, 0.2) is 0 Å². The lowest BCUT2D eigenvalue weighted by Gasteiger charge is -2.23. The highest BCUT2D eigenvalue weighted by Gasteiger charge is 2.24. The van der Waals surface area contributed by atoms with Gasteiger partial charge in [0.05, 0.1) is 0 Å². The van der Waals surface area contributed by atoms with E-state index in [0.717, 1.165) is 10.0 Å². The van der Waals surface area contributed by atoms with Crippen molar-refractivity contribution in [2.45, 2.75) is 26.4 Å². The monoisotopic (exact) mass is 342 g/mol. The zero-order chi connectivity index (χ0) is 15.3. The van der Waals surface area contributed by atoms with Crippen LogP contribution in [0.1, 0.15) is 19.4 Å². The van der Waals surface area contributed by atoms with E-state index in [4.69, 9.17) is 5.11 Å². The van der Waals surface area contributed by atoms with Gasteiger partial charge >= 0.3 is 12.0 Å². The molecule has 6 heteroatoms. The van der Waals surface area contributed by atoms with E-state index in [1.165, 1.54) is 4.90 Å². The van der Waals surface area contributed by atoms with Gasteiger partial charge in [-0.15, -0.1) is 0 Å². The highest BCUT2D eigenvalue weighted by Crippen LogP contribution is 2.12. The lowest BCUT2D eigenvalue weighted by atomic mass is 10.1. The Labute approximate surface area is 127 Å². The summed E-state index contributed by atoms with van der Waals surface area (Å²) in [6, 6.07) is 6.34. The third-order valence-electron chi connectivity index (χ3n) is 2.89. The van der Waals surface area contributed by atoms with Gasteiger partial charge in [-0.05, 0) is 23.6 Å². The van der Waals surface area contributed by atoms with Gasteiger partial charge in [-0.2, -0.15) is 0 Å². The molecule has 1 atom stereocenters. The number of aliphatic carboxylic acids is 1. The Hall–Kier alpha value is -1.56. The van der Waals surface area contributed by atoms with Gasteiger partial charge in [0, 0.05) is 18.1 Å². The average Bonchev–Trinajstić information content (AvgIpc) is 2.37. The number of halogens is 1. The van der Waals surface area contributed by atoms with Gasteiger partial charge in [-0.1, -0.05) is 41.9 Å². The smallest absolute Gasteiger partial charge is 0.326 e. The van der Waals surface area contributed by atoms with Crippen LogP contribution < -0.4 is 5.32 Å². The molecule has 0 unspecified atom stereocenters.